The number of ether oxygens (including phenoxy) is 4. The quantitative estimate of drug-likeness (QED) is 0.0259. The maximum Gasteiger partial charge on any atom is 0.220 e. The van der Waals surface area contributed by atoms with Crippen molar-refractivity contribution < 1.29 is 64.6 Å². The van der Waals surface area contributed by atoms with E-state index in [4.69, 9.17) is 18.9 Å². The number of nitrogens with one attached hydrogen (secondary N) is 1. The van der Waals surface area contributed by atoms with E-state index in [1.54, 1.807) is 0 Å². The molecule has 12 atom stereocenters. The van der Waals surface area contributed by atoms with Gasteiger partial charge in [0.05, 0.1) is 32.0 Å². The van der Waals surface area contributed by atoms with E-state index in [0.717, 1.165) is 51.4 Å². The van der Waals surface area contributed by atoms with Gasteiger partial charge in [-0.3, -0.25) is 4.79 Å². The van der Waals surface area contributed by atoms with Gasteiger partial charge in [-0.05, 0) is 12.8 Å². The van der Waals surface area contributed by atoms with Crippen molar-refractivity contribution >= 4 is 5.91 Å². The lowest BCUT2D eigenvalue weighted by Crippen LogP contribution is -2.65. The molecule has 2 rings (SSSR count). The van der Waals surface area contributed by atoms with E-state index in [1.165, 1.54) is 270 Å². The number of rotatable bonds is 61. The fraction of sp³-hybridized carbons (Fsp3) is 0.986. The van der Waals surface area contributed by atoms with Crippen LogP contribution in [0.5, 0.6) is 0 Å². The number of hydrogen-bond donors (Lipinski definition) is 9. The SMILES string of the molecule is CCCCCCCCCCCCCCCCCCCCCCCCCCCCCCCCCCCCCCC(=O)N[C@@H](CO[C@@H]1O[C@H](CO)[C@@H](O[C@@H]2O[C@H](CO)[C@H](O)C(O)C2O)C(O)C1O)[C@H](O)CCCCCCCCCCCCCCCC. The van der Waals surface area contributed by atoms with E-state index in [1.807, 2.05) is 0 Å². The van der Waals surface area contributed by atoms with Crippen molar-refractivity contribution in [3.05, 3.63) is 0 Å². The van der Waals surface area contributed by atoms with Gasteiger partial charge in [-0.25, -0.2) is 0 Å². The van der Waals surface area contributed by atoms with Crippen LogP contribution < -0.4 is 5.32 Å². The lowest BCUT2D eigenvalue weighted by atomic mass is 9.97. The van der Waals surface area contributed by atoms with Crippen LogP contribution in [0.15, 0.2) is 0 Å². The lowest BCUT2D eigenvalue weighted by Gasteiger charge is -2.46. The van der Waals surface area contributed by atoms with Crippen molar-refractivity contribution in [3.8, 4) is 0 Å². The standard InChI is InChI=1S/C70H137NO13/c1-3-5-7-9-11-13-15-17-19-20-21-22-23-24-25-26-27-28-29-30-31-32-33-34-35-36-37-38-39-40-42-44-46-48-50-52-54-62(75)71-58(59(74)53-51-49-47-45-43-41-18-16-14-12-10-8-6-4-2)57-81-69-67(80)65(78)68(61(56-73)83-69)84-70-66(79)64(77)63(76)60(55-72)82-70/h58-61,63-70,72-74,76-80H,3-57H2,1-2H3,(H,71,75)/t58-,59+,60+,61+,63-,64?,65?,66?,67?,68+,69+,70-/m0/s1. The fourth-order valence-electron chi connectivity index (χ4n) is 12.5. The van der Waals surface area contributed by atoms with Crippen LogP contribution in [-0.2, 0) is 23.7 Å². The van der Waals surface area contributed by atoms with E-state index < -0.39 is 86.8 Å². The van der Waals surface area contributed by atoms with Crippen LogP contribution in [0.4, 0.5) is 0 Å². The summed E-state index contributed by atoms with van der Waals surface area (Å²) in [4.78, 5) is 13.3. The van der Waals surface area contributed by atoms with Crippen LogP contribution in [0.25, 0.3) is 0 Å². The van der Waals surface area contributed by atoms with Crippen molar-refractivity contribution in [2.75, 3.05) is 19.8 Å². The minimum absolute atomic E-state index is 0.198. The first-order valence-corrected chi connectivity index (χ1v) is 36.3. The minimum Gasteiger partial charge on any atom is -0.394 e. The highest BCUT2D eigenvalue weighted by Gasteiger charge is 2.51. The van der Waals surface area contributed by atoms with Gasteiger partial charge in [0.1, 0.15) is 48.8 Å². The second-order valence-electron chi connectivity index (χ2n) is 26.1. The van der Waals surface area contributed by atoms with Crippen molar-refractivity contribution in [1.29, 1.82) is 0 Å². The van der Waals surface area contributed by atoms with Gasteiger partial charge in [-0.15, -0.1) is 0 Å². The Labute approximate surface area is 514 Å². The van der Waals surface area contributed by atoms with E-state index in [2.05, 4.69) is 19.2 Å². The Morgan fingerprint density at radius 2 is 0.679 bits per heavy atom. The molecule has 500 valence electrons. The molecular formula is C70H137NO13. The van der Waals surface area contributed by atoms with E-state index in [0.29, 0.717) is 12.8 Å². The topological polar surface area (TPSA) is 228 Å². The molecule has 2 aliphatic heterocycles. The molecule has 2 aliphatic rings. The Morgan fingerprint density at radius 3 is 1.01 bits per heavy atom. The minimum atomic E-state index is -1.78. The molecule has 0 aromatic carbocycles. The summed E-state index contributed by atoms with van der Waals surface area (Å²) in [5.41, 5.74) is 0. The molecule has 0 aromatic heterocycles. The van der Waals surface area contributed by atoms with Crippen molar-refractivity contribution in [3.63, 3.8) is 0 Å². The molecule has 84 heavy (non-hydrogen) atoms. The average Bonchev–Trinajstić information content (AvgIpc) is 3.70. The Hall–Kier alpha value is -1.01. The fourth-order valence-corrected chi connectivity index (χ4v) is 12.5. The zero-order valence-electron chi connectivity index (χ0n) is 54.4. The Kier molecular flexibility index (Phi) is 52.7. The summed E-state index contributed by atoms with van der Waals surface area (Å²) in [6.45, 7) is 2.91. The van der Waals surface area contributed by atoms with Crippen molar-refractivity contribution in [2.24, 2.45) is 0 Å². The van der Waals surface area contributed by atoms with Gasteiger partial charge in [-0.1, -0.05) is 328 Å². The van der Waals surface area contributed by atoms with Gasteiger partial charge in [0.25, 0.3) is 0 Å². The normalized spacial score (nSPS) is 23.5. The highest BCUT2D eigenvalue weighted by molar-refractivity contribution is 5.76. The molecule has 9 N–H and O–H groups in total. The number of aliphatic hydroxyl groups excluding tert-OH is 8. The monoisotopic (exact) mass is 1200 g/mol. The molecule has 0 radical (unpaired) electrons. The predicted molar refractivity (Wildman–Crippen MR) is 342 cm³/mol. The second kappa shape index (κ2) is 56.0. The summed E-state index contributed by atoms with van der Waals surface area (Å²) in [5.74, 6) is -0.198. The van der Waals surface area contributed by atoms with Crippen LogP contribution >= 0.6 is 0 Å². The summed E-state index contributed by atoms with van der Waals surface area (Å²) in [5, 5.41) is 87.4. The first kappa shape index (κ1) is 79.1. The largest absolute Gasteiger partial charge is 0.394 e. The first-order valence-electron chi connectivity index (χ1n) is 36.3. The van der Waals surface area contributed by atoms with E-state index in [9.17, 15) is 45.6 Å². The summed E-state index contributed by atoms with van der Waals surface area (Å²) in [6, 6.07) is -0.823. The molecule has 2 heterocycles. The van der Waals surface area contributed by atoms with E-state index in [-0.39, 0.29) is 12.5 Å². The number of hydrogen-bond acceptors (Lipinski definition) is 13. The molecule has 14 nitrogen and oxygen atoms in total. The summed E-state index contributed by atoms with van der Waals surface area (Å²) in [6.07, 6.45) is 50.1. The lowest BCUT2D eigenvalue weighted by molar-refractivity contribution is -0.359. The number of aliphatic hydroxyl groups is 8. The maximum atomic E-state index is 13.3. The summed E-state index contributed by atoms with van der Waals surface area (Å²) in [7, 11) is 0. The highest BCUT2D eigenvalue weighted by atomic mass is 16.7. The van der Waals surface area contributed by atoms with Crippen molar-refractivity contribution in [1.82, 2.24) is 5.32 Å². The maximum absolute atomic E-state index is 13.3. The molecule has 0 spiro atoms. The zero-order chi connectivity index (χ0) is 60.9. The van der Waals surface area contributed by atoms with Crippen molar-refractivity contribution in [2.45, 2.75) is 421 Å². The van der Waals surface area contributed by atoms with Crippen LogP contribution in [-0.4, -0.2) is 140 Å². The van der Waals surface area contributed by atoms with Crippen LogP contribution in [0, 0.1) is 0 Å². The van der Waals surface area contributed by atoms with Gasteiger partial charge in [0.15, 0.2) is 12.6 Å². The summed E-state index contributed by atoms with van der Waals surface area (Å²) < 4.78 is 22.9. The number of carbonyl (C=O) groups is 1. The third kappa shape index (κ3) is 39.9. The Morgan fingerprint density at radius 1 is 0.381 bits per heavy atom. The molecule has 1 amide bonds. The number of carbonyl (C=O) groups excluding carboxylic acids is 1. The number of amides is 1. The molecular weight excluding hydrogens is 1060 g/mol. The summed E-state index contributed by atoms with van der Waals surface area (Å²) >= 11 is 0. The van der Waals surface area contributed by atoms with Gasteiger partial charge in [0.2, 0.25) is 5.91 Å². The third-order valence-electron chi connectivity index (χ3n) is 18.3. The smallest absolute Gasteiger partial charge is 0.220 e. The molecule has 14 heteroatoms. The molecule has 0 aliphatic carbocycles. The number of unbranched alkanes of at least 4 members (excludes halogenated alkanes) is 48. The average molecular weight is 1200 g/mol. The molecule has 0 aromatic rings. The Bertz CT molecular complexity index is 1410. The zero-order valence-corrected chi connectivity index (χ0v) is 54.4. The molecule has 2 saturated heterocycles. The Balaban J connectivity index is 1.55. The molecule has 0 saturated carbocycles. The third-order valence-corrected chi connectivity index (χ3v) is 18.3. The molecule has 4 unspecified atom stereocenters. The first-order chi connectivity index (χ1) is 41.1. The molecule has 0 bridgehead atoms. The van der Waals surface area contributed by atoms with Crippen LogP contribution in [0.2, 0.25) is 0 Å². The molecule has 2 fully saturated rings. The second-order valence-corrected chi connectivity index (χ2v) is 26.1. The van der Waals surface area contributed by atoms with Crippen LogP contribution in [0.3, 0.4) is 0 Å². The highest BCUT2D eigenvalue weighted by Crippen LogP contribution is 2.30. The van der Waals surface area contributed by atoms with Gasteiger partial charge in [-0.2, -0.15) is 0 Å². The van der Waals surface area contributed by atoms with Gasteiger partial charge in [0, 0.05) is 6.42 Å². The van der Waals surface area contributed by atoms with Gasteiger partial charge < -0.3 is 65.1 Å². The van der Waals surface area contributed by atoms with Crippen LogP contribution in [0.1, 0.15) is 348 Å². The van der Waals surface area contributed by atoms with Gasteiger partial charge >= 0.3 is 0 Å². The van der Waals surface area contributed by atoms with E-state index >= 15 is 0 Å². The predicted octanol–water partition coefficient (Wildman–Crippen LogP) is 14.8.